The topological polar surface area (TPSA) is 45.2 Å². The number of aromatic amines is 1. The van der Waals surface area contributed by atoms with Gasteiger partial charge in [-0.05, 0) is 24.3 Å². The lowest BCUT2D eigenvalue weighted by Crippen LogP contribution is -1.84. The van der Waals surface area contributed by atoms with Crippen LogP contribution in [-0.4, -0.2) is 17.2 Å². The predicted octanol–water partition coefficient (Wildman–Crippen LogP) is 3.55. The third kappa shape index (κ3) is 1.70. The van der Waals surface area contributed by atoms with Crippen molar-refractivity contribution in [1.29, 1.82) is 0 Å². The number of methoxy groups -OCH3 is 1. The lowest BCUT2D eigenvalue weighted by atomic mass is 10.1. The maximum absolute atomic E-state index is 10.0. The smallest absolute Gasteiger partial charge is 0.128 e. The van der Waals surface area contributed by atoms with E-state index in [-0.39, 0.29) is 5.75 Å². The molecule has 2 aromatic carbocycles. The van der Waals surface area contributed by atoms with Gasteiger partial charge in [-0.2, -0.15) is 0 Å². The molecule has 3 heteroatoms. The Morgan fingerprint density at radius 3 is 2.61 bits per heavy atom. The molecule has 0 unspecified atom stereocenters. The summed E-state index contributed by atoms with van der Waals surface area (Å²) in [6, 6.07) is 15.3. The molecule has 2 N–H and O–H groups in total. The van der Waals surface area contributed by atoms with Crippen LogP contribution < -0.4 is 4.74 Å². The first-order valence-corrected chi connectivity index (χ1v) is 5.73. The average molecular weight is 239 g/mol. The minimum absolute atomic E-state index is 0.209. The van der Waals surface area contributed by atoms with Gasteiger partial charge >= 0.3 is 0 Å². The Morgan fingerprint density at radius 1 is 1.06 bits per heavy atom. The first-order valence-electron chi connectivity index (χ1n) is 5.73. The van der Waals surface area contributed by atoms with Crippen molar-refractivity contribution in [2.45, 2.75) is 0 Å². The van der Waals surface area contributed by atoms with E-state index in [2.05, 4.69) is 4.98 Å². The van der Waals surface area contributed by atoms with Crippen molar-refractivity contribution in [3.8, 4) is 22.8 Å². The number of H-pyrrole nitrogens is 1. The number of para-hydroxylation sites is 1. The molecule has 0 atom stereocenters. The van der Waals surface area contributed by atoms with Crippen LogP contribution in [-0.2, 0) is 0 Å². The van der Waals surface area contributed by atoms with Crippen molar-refractivity contribution in [2.24, 2.45) is 0 Å². The van der Waals surface area contributed by atoms with Crippen LogP contribution >= 0.6 is 0 Å². The van der Waals surface area contributed by atoms with E-state index in [1.54, 1.807) is 13.2 Å². The fraction of sp³-hybridized carbons (Fsp3) is 0.0667. The number of rotatable bonds is 2. The van der Waals surface area contributed by atoms with Crippen LogP contribution in [0.3, 0.4) is 0 Å². The van der Waals surface area contributed by atoms with Gasteiger partial charge in [-0.15, -0.1) is 0 Å². The summed E-state index contributed by atoms with van der Waals surface area (Å²) < 4.78 is 5.07. The summed E-state index contributed by atoms with van der Waals surface area (Å²) in [5, 5.41) is 11.1. The van der Waals surface area contributed by atoms with Crippen LogP contribution in [0.1, 0.15) is 0 Å². The molecule has 3 nitrogen and oxygen atoms in total. The Balaban J connectivity index is 2.14. The van der Waals surface area contributed by atoms with Crippen molar-refractivity contribution in [1.82, 2.24) is 4.98 Å². The lowest BCUT2D eigenvalue weighted by molar-refractivity contribution is 0.408. The monoisotopic (exact) mass is 239 g/mol. The Morgan fingerprint density at radius 2 is 1.89 bits per heavy atom. The number of benzene rings is 2. The fourth-order valence-electron chi connectivity index (χ4n) is 2.08. The molecule has 0 saturated carbocycles. The second-order valence-electron chi connectivity index (χ2n) is 4.15. The lowest BCUT2D eigenvalue weighted by Gasteiger charge is -2.04. The van der Waals surface area contributed by atoms with Crippen LogP contribution in [0, 0.1) is 0 Å². The standard InChI is InChI=1S/C15H13NO2/c1-18-11-6-7-12(15(17)9-11)14-8-10-4-2-3-5-13(10)16-14/h2-9,16-17H,1H3. The van der Waals surface area contributed by atoms with Gasteiger partial charge in [0, 0.05) is 22.5 Å². The molecule has 0 radical (unpaired) electrons. The summed E-state index contributed by atoms with van der Waals surface area (Å²) in [7, 11) is 1.58. The molecular formula is C15H13NO2. The maximum atomic E-state index is 10.0. The van der Waals surface area contributed by atoms with Gasteiger partial charge < -0.3 is 14.8 Å². The Bertz CT molecular complexity index is 668. The summed E-state index contributed by atoms with van der Waals surface area (Å²) in [6.07, 6.45) is 0. The maximum Gasteiger partial charge on any atom is 0.128 e. The number of hydrogen-bond donors (Lipinski definition) is 2. The van der Waals surface area contributed by atoms with E-state index < -0.39 is 0 Å². The largest absolute Gasteiger partial charge is 0.507 e. The van der Waals surface area contributed by atoms with Crippen molar-refractivity contribution < 1.29 is 9.84 Å². The number of ether oxygens (including phenoxy) is 1. The van der Waals surface area contributed by atoms with Gasteiger partial charge in [0.05, 0.1) is 12.8 Å². The van der Waals surface area contributed by atoms with Gasteiger partial charge in [0.15, 0.2) is 0 Å². The predicted molar refractivity (Wildman–Crippen MR) is 72.0 cm³/mol. The van der Waals surface area contributed by atoms with Gasteiger partial charge in [-0.25, -0.2) is 0 Å². The number of hydrogen-bond acceptors (Lipinski definition) is 2. The highest BCUT2D eigenvalue weighted by Gasteiger charge is 2.08. The quantitative estimate of drug-likeness (QED) is 0.718. The molecule has 3 aromatic rings. The molecule has 0 aliphatic carbocycles. The Hall–Kier alpha value is -2.42. The molecule has 0 aliphatic heterocycles. The summed E-state index contributed by atoms with van der Waals surface area (Å²) in [6.45, 7) is 0. The highest BCUT2D eigenvalue weighted by Crippen LogP contribution is 2.33. The second kappa shape index (κ2) is 4.11. The van der Waals surface area contributed by atoms with E-state index in [0.717, 1.165) is 22.2 Å². The van der Waals surface area contributed by atoms with Crippen LogP contribution in [0.5, 0.6) is 11.5 Å². The third-order valence-electron chi connectivity index (χ3n) is 3.03. The van der Waals surface area contributed by atoms with Gasteiger partial charge in [0.1, 0.15) is 11.5 Å². The second-order valence-corrected chi connectivity index (χ2v) is 4.15. The summed E-state index contributed by atoms with van der Waals surface area (Å²) in [5.74, 6) is 0.855. The first-order chi connectivity index (χ1) is 8.78. The molecule has 18 heavy (non-hydrogen) atoms. The van der Waals surface area contributed by atoms with Crippen molar-refractivity contribution >= 4 is 10.9 Å². The van der Waals surface area contributed by atoms with Gasteiger partial charge in [0.2, 0.25) is 0 Å². The van der Waals surface area contributed by atoms with Crippen LogP contribution in [0.15, 0.2) is 48.5 Å². The zero-order chi connectivity index (χ0) is 12.5. The number of aromatic nitrogens is 1. The van der Waals surface area contributed by atoms with Crippen LogP contribution in [0.4, 0.5) is 0 Å². The third-order valence-corrected chi connectivity index (χ3v) is 3.03. The highest BCUT2D eigenvalue weighted by atomic mass is 16.5. The molecule has 1 heterocycles. The average Bonchev–Trinajstić information content (AvgIpc) is 2.81. The highest BCUT2D eigenvalue weighted by molar-refractivity contribution is 5.87. The van der Waals surface area contributed by atoms with Crippen LogP contribution in [0.25, 0.3) is 22.2 Å². The molecule has 90 valence electrons. The van der Waals surface area contributed by atoms with Crippen LogP contribution in [0.2, 0.25) is 0 Å². The Kier molecular flexibility index (Phi) is 2.45. The molecular weight excluding hydrogens is 226 g/mol. The van der Waals surface area contributed by atoms with Gasteiger partial charge in [-0.1, -0.05) is 18.2 Å². The minimum atomic E-state index is 0.209. The molecule has 0 amide bonds. The molecule has 0 bridgehead atoms. The molecule has 0 fully saturated rings. The van der Waals surface area contributed by atoms with E-state index in [1.807, 2.05) is 42.5 Å². The van der Waals surface area contributed by atoms with E-state index in [9.17, 15) is 5.11 Å². The van der Waals surface area contributed by atoms with Crippen molar-refractivity contribution in [2.75, 3.05) is 7.11 Å². The van der Waals surface area contributed by atoms with Gasteiger partial charge in [-0.3, -0.25) is 0 Å². The fourth-order valence-corrected chi connectivity index (χ4v) is 2.08. The number of fused-ring (bicyclic) bond motifs is 1. The molecule has 0 saturated heterocycles. The summed E-state index contributed by atoms with van der Waals surface area (Å²) in [4.78, 5) is 3.29. The molecule has 0 spiro atoms. The molecule has 3 rings (SSSR count). The number of aromatic hydroxyl groups is 1. The summed E-state index contributed by atoms with van der Waals surface area (Å²) >= 11 is 0. The summed E-state index contributed by atoms with van der Waals surface area (Å²) in [5.41, 5.74) is 2.73. The van der Waals surface area contributed by atoms with E-state index in [4.69, 9.17) is 4.74 Å². The number of nitrogens with one attached hydrogen (secondary N) is 1. The van der Waals surface area contributed by atoms with Crippen molar-refractivity contribution in [3.63, 3.8) is 0 Å². The number of phenols is 1. The van der Waals surface area contributed by atoms with Gasteiger partial charge in [0.25, 0.3) is 0 Å². The zero-order valence-electron chi connectivity index (χ0n) is 9.97. The van der Waals surface area contributed by atoms with E-state index >= 15 is 0 Å². The Labute approximate surface area is 105 Å². The van der Waals surface area contributed by atoms with Crippen molar-refractivity contribution in [3.05, 3.63) is 48.5 Å². The SMILES string of the molecule is COc1ccc(-c2cc3ccccc3[nH]2)c(O)c1. The molecule has 0 aliphatic rings. The molecule has 1 aromatic heterocycles. The van der Waals surface area contributed by atoms with E-state index in [0.29, 0.717) is 5.75 Å². The van der Waals surface area contributed by atoms with E-state index in [1.165, 1.54) is 0 Å². The normalized spacial score (nSPS) is 10.7. The zero-order valence-corrected chi connectivity index (χ0v) is 9.97. The first kappa shape index (κ1) is 10.7. The minimum Gasteiger partial charge on any atom is -0.507 e. The number of phenolic OH excluding ortho intramolecular Hbond substituents is 1.